The number of aliphatic hydroxyl groups is 1. The number of hydrogen-bond donors (Lipinski definition) is 2. The Morgan fingerprint density at radius 1 is 1.39 bits per heavy atom. The molecule has 1 aromatic heterocycles. The second-order valence-electron chi connectivity index (χ2n) is 5.20. The van der Waals surface area contributed by atoms with Crippen molar-refractivity contribution in [1.29, 1.82) is 0 Å². The van der Waals surface area contributed by atoms with Gasteiger partial charge in [0.15, 0.2) is 5.82 Å². The van der Waals surface area contributed by atoms with Crippen molar-refractivity contribution in [2.45, 2.75) is 70.0 Å². The lowest BCUT2D eigenvalue weighted by atomic mass is 9.98. The maximum atomic E-state index is 9.58. The van der Waals surface area contributed by atoms with Crippen molar-refractivity contribution in [1.82, 2.24) is 20.1 Å². The summed E-state index contributed by atoms with van der Waals surface area (Å²) < 4.78 is 47.6. The van der Waals surface area contributed by atoms with Gasteiger partial charge in [0.2, 0.25) is 0 Å². The van der Waals surface area contributed by atoms with Crippen LogP contribution in [0.1, 0.15) is 71.2 Å². The highest BCUT2D eigenvalue weighted by Gasteiger charge is 2.36. The van der Waals surface area contributed by atoms with Crippen LogP contribution in [-0.4, -0.2) is 32.0 Å². The average Bonchev–Trinajstić information content (AvgIpc) is 2.99. The Bertz CT molecular complexity index is 572. The van der Waals surface area contributed by atoms with Gasteiger partial charge < -0.3 is 15.0 Å². The number of nitrogens with zero attached hydrogens (tertiary/aromatic N) is 3. The Hall–Kier alpha value is -0.940. The summed E-state index contributed by atoms with van der Waals surface area (Å²) in [4.78, 5) is 0. The minimum absolute atomic E-state index is 0.0645. The number of piperidine rings is 1. The topological polar surface area (TPSA) is 63.0 Å². The SMILES string of the molecule is [2H]C([2H])([2H])C(c1nnc(CO)n1C1CC2CCC(C1)N2)C([2H])([2H])[2H]. The highest BCUT2D eigenvalue weighted by molar-refractivity contribution is 5.05. The van der Waals surface area contributed by atoms with Crippen LogP contribution in [0, 0.1) is 0 Å². The van der Waals surface area contributed by atoms with Crippen LogP contribution in [0.5, 0.6) is 0 Å². The molecule has 0 amide bonds. The Balaban J connectivity index is 2.04. The lowest BCUT2D eigenvalue weighted by molar-refractivity contribution is 0.239. The minimum Gasteiger partial charge on any atom is -0.388 e. The molecule has 2 atom stereocenters. The quantitative estimate of drug-likeness (QED) is 0.857. The Morgan fingerprint density at radius 3 is 2.72 bits per heavy atom. The summed E-state index contributed by atoms with van der Waals surface area (Å²) in [5.41, 5.74) is 0. The van der Waals surface area contributed by atoms with E-state index in [0.29, 0.717) is 12.1 Å². The molecule has 2 unspecified atom stereocenters. The molecule has 5 nitrogen and oxygen atoms in total. The summed E-state index contributed by atoms with van der Waals surface area (Å²) in [5.74, 6) is -1.55. The maximum absolute atomic E-state index is 9.58. The smallest absolute Gasteiger partial charge is 0.159 e. The van der Waals surface area contributed by atoms with Crippen LogP contribution in [-0.2, 0) is 6.61 Å². The molecular weight excluding hydrogens is 228 g/mol. The number of nitrogens with one attached hydrogen (secondary N) is 1. The van der Waals surface area contributed by atoms with E-state index in [2.05, 4.69) is 15.5 Å². The number of aromatic nitrogens is 3. The van der Waals surface area contributed by atoms with Gasteiger partial charge in [0.1, 0.15) is 12.4 Å². The third-order valence-electron chi connectivity index (χ3n) is 4.01. The van der Waals surface area contributed by atoms with Gasteiger partial charge in [-0.1, -0.05) is 13.7 Å². The fourth-order valence-corrected chi connectivity index (χ4v) is 3.28. The zero-order chi connectivity index (χ0) is 17.7. The third-order valence-corrected chi connectivity index (χ3v) is 4.01. The van der Waals surface area contributed by atoms with E-state index in [1.807, 2.05) is 0 Å². The minimum atomic E-state index is -2.73. The molecule has 1 aromatic rings. The summed E-state index contributed by atoms with van der Waals surface area (Å²) in [7, 11) is 0. The van der Waals surface area contributed by atoms with Crippen molar-refractivity contribution >= 4 is 0 Å². The van der Waals surface area contributed by atoms with Crippen molar-refractivity contribution in [2.24, 2.45) is 0 Å². The van der Waals surface area contributed by atoms with E-state index in [1.165, 1.54) is 0 Å². The molecule has 100 valence electrons. The standard InChI is InChI=1S/C13H22N4O/c1-8(2)13-16-15-12(7-18)17(13)11-5-9-3-4-10(6-11)14-9/h8-11,14,18H,3-7H2,1-2H3/i1D3,2D3. The van der Waals surface area contributed by atoms with E-state index in [-0.39, 0.29) is 17.7 Å². The number of aliphatic hydroxyl groups excluding tert-OH is 1. The Labute approximate surface area is 116 Å². The van der Waals surface area contributed by atoms with Crippen LogP contribution >= 0.6 is 0 Å². The molecule has 2 fully saturated rings. The van der Waals surface area contributed by atoms with Crippen LogP contribution < -0.4 is 5.32 Å². The molecule has 2 bridgehead atoms. The molecule has 2 aliphatic rings. The molecule has 2 aliphatic heterocycles. The summed E-state index contributed by atoms with van der Waals surface area (Å²) in [6, 6.07) is 0.562. The monoisotopic (exact) mass is 256 g/mol. The van der Waals surface area contributed by atoms with Crippen LogP contribution in [0.25, 0.3) is 0 Å². The van der Waals surface area contributed by atoms with E-state index in [9.17, 15) is 5.11 Å². The summed E-state index contributed by atoms with van der Waals surface area (Å²) in [6.07, 6.45) is 3.61. The largest absolute Gasteiger partial charge is 0.388 e. The van der Waals surface area contributed by atoms with Gasteiger partial charge in [-0.15, -0.1) is 10.2 Å². The molecule has 0 aromatic carbocycles. The zero-order valence-electron chi connectivity index (χ0n) is 16.1. The molecule has 5 heteroatoms. The van der Waals surface area contributed by atoms with Crippen molar-refractivity contribution in [2.75, 3.05) is 0 Å². The molecule has 0 aliphatic carbocycles. The first-order valence-corrected chi connectivity index (χ1v) is 6.42. The van der Waals surface area contributed by atoms with Gasteiger partial charge in [0.25, 0.3) is 0 Å². The summed E-state index contributed by atoms with van der Waals surface area (Å²) >= 11 is 0. The lowest BCUT2D eigenvalue weighted by Crippen LogP contribution is -2.39. The van der Waals surface area contributed by atoms with Gasteiger partial charge in [-0.25, -0.2) is 0 Å². The Kier molecular flexibility index (Phi) is 1.80. The first-order valence-electron chi connectivity index (χ1n) is 9.42. The predicted octanol–water partition coefficient (Wildman–Crippen LogP) is 1.35. The van der Waals surface area contributed by atoms with Crippen molar-refractivity contribution in [3.05, 3.63) is 11.6 Å². The first-order chi connectivity index (χ1) is 11.1. The lowest BCUT2D eigenvalue weighted by Gasteiger charge is -2.31. The van der Waals surface area contributed by atoms with Crippen molar-refractivity contribution in [3.63, 3.8) is 0 Å². The highest BCUT2D eigenvalue weighted by Crippen LogP contribution is 2.36. The van der Waals surface area contributed by atoms with Crippen LogP contribution in [0.3, 0.4) is 0 Å². The van der Waals surface area contributed by atoms with Gasteiger partial charge in [-0.05, 0) is 25.7 Å². The second kappa shape index (κ2) is 4.63. The fraction of sp³-hybridized carbons (Fsp3) is 0.846. The first kappa shape index (κ1) is 7.01. The molecule has 2 saturated heterocycles. The molecule has 0 spiro atoms. The predicted molar refractivity (Wildman–Crippen MR) is 68.3 cm³/mol. The molecule has 18 heavy (non-hydrogen) atoms. The third kappa shape index (κ3) is 1.95. The molecule has 2 N–H and O–H groups in total. The highest BCUT2D eigenvalue weighted by atomic mass is 16.3. The van der Waals surface area contributed by atoms with Gasteiger partial charge in [-0.3, -0.25) is 0 Å². The van der Waals surface area contributed by atoms with E-state index in [4.69, 9.17) is 8.22 Å². The van der Waals surface area contributed by atoms with E-state index >= 15 is 0 Å². The number of rotatable bonds is 3. The summed E-state index contributed by atoms with van der Waals surface area (Å²) in [5, 5.41) is 20.8. The van der Waals surface area contributed by atoms with E-state index in [1.54, 1.807) is 4.57 Å². The van der Waals surface area contributed by atoms with Crippen LogP contribution in [0.2, 0.25) is 0 Å². The van der Waals surface area contributed by atoms with Crippen LogP contribution in [0.15, 0.2) is 0 Å². The van der Waals surface area contributed by atoms with Crippen molar-refractivity contribution < 1.29 is 13.3 Å². The molecule has 0 radical (unpaired) electrons. The van der Waals surface area contributed by atoms with E-state index < -0.39 is 26.2 Å². The summed E-state index contributed by atoms with van der Waals surface area (Å²) in [6.45, 7) is -5.86. The van der Waals surface area contributed by atoms with Crippen LogP contribution in [0.4, 0.5) is 0 Å². The second-order valence-corrected chi connectivity index (χ2v) is 5.20. The molecule has 3 heterocycles. The number of hydrogen-bond acceptors (Lipinski definition) is 4. The fourth-order valence-electron chi connectivity index (χ4n) is 3.28. The molecule has 0 saturated carbocycles. The molecular formula is C13H22N4O. The normalized spacial score (nSPS) is 37.6. The Morgan fingerprint density at radius 2 is 2.11 bits per heavy atom. The number of fused-ring (bicyclic) bond motifs is 2. The van der Waals surface area contributed by atoms with Gasteiger partial charge in [0, 0.05) is 32.3 Å². The zero-order valence-corrected chi connectivity index (χ0v) is 10.1. The van der Waals surface area contributed by atoms with Gasteiger partial charge in [0.05, 0.1) is 0 Å². The molecule has 3 rings (SSSR count). The average molecular weight is 256 g/mol. The maximum Gasteiger partial charge on any atom is 0.159 e. The van der Waals surface area contributed by atoms with Gasteiger partial charge >= 0.3 is 0 Å². The van der Waals surface area contributed by atoms with E-state index in [0.717, 1.165) is 25.7 Å². The van der Waals surface area contributed by atoms with Crippen molar-refractivity contribution in [3.8, 4) is 0 Å². The van der Waals surface area contributed by atoms with Gasteiger partial charge in [-0.2, -0.15) is 0 Å².